The Hall–Kier alpha value is -2.49. The zero-order chi connectivity index (χ0) is 16.7. The van der Waals surface area contributed by atoms with Crippen LogP contribution in [0.5, 0.6) is 11.5 Å². The molecule has 0 aliphatic heterocycles. The molecule has 0 fully saturated rings. The van der Waals surface area contributed by atoms with E-state index >= 15 is 0 Å². The van der Waals surface area contributed by atoms with E-state index in [9.17, 15) is 4.79 Å². The van der Waals surface area contributed by atoms with Gasteiger partial charge in [-0.3, -0.25) is 4.79 Å². The number of nitrogens with one attached hydrogen (secondary N) is 1. The Kier molecular flexibility index (Phi) is 6.03. The summed E-state index contributed by atoms with van der Waals surface area (Å²) < 4.78 is 11.2. The second-order valence-electron chi connectivity index (χ2n) is 5.53. The molecule has 2 aromatic carbocycles. The summed E-state index contributed by atoms with van der Waals surface area (Å²) in [4.78, 5) is 12.0. The Morgan fingerprint density at radius 2 is 1.48 bits per heavy atom. The normalized spacial score (nSPS) is 11.6. The van der Waals surface area contributed by atoms with E-state index < -0.39 is 6.10 Å². The molecule has 1 unspecified atom stereocenters. The molecule has 122 valence electrons. The maximum absolute atomic E-state index is 12.0. The van der Waals surface area contributed by atoms with Gasteiger partial charge in [0.15, 0.2) is 6.10 Å². The van der Waals surface area contributed by atoms with Gasteiger partial charge in [0.05, 0.1) is 6.54 Å². The van der Waals surface area contributed by atoms with Gasteiger partial charge in [-0.05, 0) is 45.0 Å². The number of carbonyl (C=O) groups is 1. The minimum atomic E-state index is -0.544. The molecule has 0 saturated heterocycles. The van der Waals surface area contributed by atoms with Crippen molar-refractivity contribution in [3.05, 3.63) is 59.7 Å². The zero-order valence-electron chi connectivity index (χ0n) is 13.8. The first-order chi connectivity index (χ1) is 11.0. The third kappa shape index (κ3) is 5.66. The van der Waals surface area contributed by atoms with Crippen LogP contribution in [0.15, 0.2) is 48.5 Å². The first-order valence-corrected chi connectivity index (χ1v) is 7.75. The van der Waals surface area contributed by atoms with Gasteiger partial charge < -0.3 is 14.8 Å². The molecule has 1 N–H and O–H groups in total. The van der Waals surface area contributed by atoms with Crippen LogP contribution in [0, 0.1) is 13.8 Å². The van der Waals surface area contributed by atoms with E-state index in [0.717, 1.165) is 11.3 Å². The van der Waals surface area contributed by atoms with Crippen LogP contribution in [-0.2, 0) is 4.79 Å². The van der Waals surface area contributed by atoms with Gasteiger partial charge in [-0.2, -0.15) is 0 Å². The highest BCUT2D eigenvalue weighted by atomic mass is 16.5. The van der Waals surface area contributed by atoms with E-state index in [4.69, 9.17) is 9.47 Å². The summed E-state index contributed by atoms with van der Waals surface area (Å²) in [5.41, 5.74) is 2.34. The molecule has 4 heteroatoms. The predicted octanol–water partition coefficient (Wildman–Crippen LogP) is 3.27. The van der Waals surface area contributed by atoms with Crippen LogP contribution in [0.1, 0.15) is 18.1 Å². The van der Waals surface area contributed by atoms with Crippen LogP contribution in [0.2, 0.25) is 0 Å². The third-order valence-electron chi connectivity index (χ3n) is 3.39. The van der Waals surface area contributed by atoms with Gasteiger partial charge in [0.1, 0.15) is 18.1 Å². The lowest BCUT2D eigenvalue weighted by Gasteiger charge is -2.15. The smallest absolute Gasteiger partial charge is 0.260 e. The summed E-state index contributed by atoms with van der Waals surface area (Å²) >= 11 is 0. The number of benzene rings is 2. The summed E-state index contributed by atoms with van der Waals surface area (Å²) in [6.45, 7) is 6.63. The van der Waals surface area contributed by atoms with E-state index in [0.29, 0.717) is 18.9 Å². The number of hydrogen-bond acceptors (Lipinski definition) is 3. The van der Waals surface area contributed by atoms with Gasteiger partial charge in [0, 0.05) is 0 Å². The van der Waals surface area contributed by atoms with E-state index in [1.165, 1.54) is 5.56 Å². The summed E-state index contributed by atoms with van der Waals surface area (Å²) in [6.07, 6.45) is -0.544. The first-order valence-electron chi connectivity index (χ1n) is 7.75. The molecule has 0 saturated carbocycles. The number of carbonyl (C=O) groups excluding carboxylic acids is 1. The number of aryl methyl sites for hydroxylation is 2. The highest BCUT2D eigenvalue weighted by molar-refractivity contribution is 5.80. The van der Waals surface area contributed by atoms with Crippen molar-refractivity contribution >= 4 is 5.91 Å². The van der Waals surface area contributed by atoms with E-state index in [1.807, 2.05) is 62.4 Å². The van der Waals surface area contributed by atoms with Gasteiger partial charge in [-0.1, -0.05) is 35.4 Å². The third-order valence-corrected chi connectivity index (χ3v) is 3.39. The summed E-state index contributed by atoms with van der Waals surface area (Å²) in [5, 5.41) is 2.81. The first kappa shape index (κ1) is 16.9. The monoisotopic (exact) mass is 313 g/mol. The molecular weight excluding hydrogens is 290 g/mol. The zero-order valence-corrected chi connectivity index (χ0v) is 13.8. The fourth-order valence-electron chi connectivity index (χ4n) is 2.00. The molecule has 4 nitrogen and oxygen atoms in total. The van der Waals surface area contributed by atoms with Crippen molar-refractivity contribution in [2.45, 2.75) is 26.9 Å². The van der Waals surface area contributed by atoms with Gasteiger partial charge in [-0.15, -0.1) is 0 Å². The van der Waals surface area contributed by atoms with Crippen LogP contribution in [-0.4, -0.2) is 25.2 Å². The SMILES string of the molecule is Cc1ccc(OCCNC(=O)C(C)Oc2ccc(C)cc2)cc1. The molecule has 0 heterocycles. The van der Waals surface area contributed by atoms with Crippen molar-refractivity contribution in [1.82, 2.24) is 5.32 Å². The van der Waals surface area contributed by atoms with E-state index in [-0.39, 0.29) is 5.91 Å². The standard InChI is InChI=1S/C19H23NO3/c1-14-4-8-17(9-5-14)22-13-12-20-19(21)16(3)23-18-10-6-15(2)7-11-18/h4-11,16H,12-13H2,1-3H3,(H,20,21). The molecule has 0 aliphatic rings. The van der Waals surface area contributed by atoms with Gasteiger partial charge in [0.25, 0.3) is 5.91 Å². The molecule has 23 heavy (non-hydrogen) atoms. The Labute approximate surface area is 137 Å². The summed E-state index contributed by atoms with van der Waals surface area (Å²) in [7, 11) is 0. The van der Waals surface area contributed by atoms with E-state index in [1.54, 1.807) is 6.92 Å². The minimum absolute atomic E-state index is 0.155. The molecule has 1 amide bonds. The van der Waals surface area contributed by atoms with Crippen LogP contribution in [0.4, 0.5) is 0 Å². The second kappa shape index (κ2) is 8.22. The van der Waals surface area contributed by atoms with Crippen molar-refractivity contribution in [2.75, 3.05) is 13.2 Å². The van der Waals surface area contributed by atoms with Gasteiger partial charge in [-0.25, -0.2) is 0 Å². The molecule has 2 rings (SSSR count). The highest BCUT2D eigenvalue weighted by Crippen LogP contribution is 2.13. The molecule has 0 spiro atoms. The molecule has 0 aromatic heterocycles. The molecule has 0 radical (unpaired) electrons. The summed E-state index contributed by atoms with van der Waals surface area (Å²) in [6, 6.07) is 15.4. The molecular formula is C19H23NO3. The van der Waals surface area contributed by atoms with Gasteiger partial charge in [0.2, 0.25) is 0 Å². The molecule has 2 aromatic rings. The fourth-order valence-corrected chi connectivity index (χ4v) is 2.00. The average molecular weight is 313 g/mol. The predicted molar refractivity (Wildman–Crippen MR) is 91.0 cm³/mol. The van der Waals surface area contributed by atoms with Crippen LogP contribution >= 0.6 is 0 Å². The van der Waals surface area contributed by atoms with Crippen molar-refractivity contribution in [2.24, 2.45) is 0 Å². The number of hydrogen-bond donors (Lipinski definition) is 1. The van der Waals surface area contributed by atoms with Crippen molar-refractivity contribution in [1.29, 1.82) is 0 Å². The Balaban J connectivity index is 1.69. The van der Waals surface area contributed by atoms with Crippen molar-refractivity contribution < 1.29 is 14.3 Å². The van der Waals surface area contributed by atoms with Crippen molar-refractivity contribution in [3.63, 3.8) is 0 Å². The lowest BCUT2D eigenvalue weighted by atomic mass is 10.2. The molecule has 0 bridgehead atoms. The highest BCUT2D eigenvalue weighted by Gasteiger charge is 2.13. The second-order valence-corrected chi connectivity index (χ2v) is 5.53. The largest absolute Gasteiger partial charge is 0.492 e. The topological polar surface area (TPSA) is 47.6 Å². The Bertz CT molecular complexity index is 620. The number of amides is 1. The summed E-state index contributed by atoms with van der Waals surface area (Å²) in [5.74, 6) is 1.33. The van der Waals surface area contributed by atoms with Crippen LogP contribution in [0.3, 0.4) is 0 Å². The van der Waals surface area contributed by atoms with E-state index in [2.05, 4.69) is 5.32 Å². The van der Waals surface area contributed by atoms with Crippen LogP contribution < -0.4 is 14.8 Å². The fraction of sp³-hybridized carbons (Fsp3) is 0.316. The average Bonchev–Trinajstić information content (AvgIpc) is 2.55. The Morgan fingerprint density at radius 1 is 0.957 bits per heavy atom. The lowest BCUT2D eigenvalue weighted by Crippen LogP contribution is -2.38. The minimum Gasteiger partial charge on any atom is -0.492 e. The van der Waals surface area contributed by atoms with Crippen LogP contribution in [0.25, 0.3) is 0 Å². The Morgan fingerprint density at radius 3 is 2.04 bits per heavy atom. The number of rotatable bonds is 7. The maximum atomic E-state index is 12.0. The molecule has 0 aliphatic carbocycles. The van der Waals surface area contributed by atoms with Gasteiger partial charge >= 0.3 is 0 Å². The lowest BCUT2D eigenvalue weighted by molar-refractivity contribution is -0.127. The molecule has 1 atom stereocenters. The number of ether oxygens (including phenoxy) is 2. The quantitative estimate of drug-likeness (QED) is 0.798. The van der Waals surface area contributed by atoms with Crippen molar-refractivity contribution in [3.8, 4) is 11.5 Å². The maximum Gasteiger partial charge on any atom is 0.260 e.